The van der Waals surface area contributed by atoms with Gasteiger partial charge in [0.1, 0.15) is 0 Å². The lowest BCUT2D eigenvalue weighted by molar-refractivity contribution is 0.0185. The molecule has 0 aromatic heterocycles. The van der Waals surface area contributed by atoms with Gasteiger partial charge in [-0.25, -0.2) is 0 Å². The second-order valence-electron chi connectivity index (χ2n) is 4.90. The summed E-state index contributed by atoms with van der Waals surface area (Å²) in [5.74, 6) is 0. The zero-order chi connectivity index (χ0) is 12.9. The number of aliphatic hydroxyl groups excluding tert-OH is 1. The van der Waals surface area contributed by atoms with E-state index in [1.807, 2.05) is 24.3 Å². The number of ether oxygens (including phenoxy) is 1. The number of nitrogens with one attached hydrogen (secondary N) is 1. The first-order valence-electron chi connectivity index (χ1n) is 6.02. The third-order valence-electron chi connectivity index (χ3n) is 3.01. The predicted octanol–water partition coefficient (Wildman–Crippen LogP) is 2.97. The van der Waals surface area contributed by atoms with Crippen LogP contribution in [0.3, 0.4) is 0 Å². The van der Waals surface area contributed by atoms with E-state index in [0.29, 0.717) is 0 Å². The van der Waals surface area contributed by atoms with Crippen molar-refractivity contribution in [3.8, 4) is 0 Å². The fourth-order valence-electron chi connectivity index (χ4n) is 1.62. The molecule has 96 valence electrons. The lowest BCUT2D eigenvalue weighted by atomic mass is 10.0. The molecule has 17 heavy (non-hydrogen) atoms. The van der Waals surface area contributed by atoms with Gasteiger partial charge in [0.05, 0.1) is 11.7 Å². The molecule has 0 fully saturated rings. The van der Waals surface area contributed by atoms with Gasteiger partial charge >= 0.3 is 0 Å². The Labute approximate surface area is 104 Å². The van der Waals surface area contributed by atoms with Crippen molar-refractivity contribution >= 4 is 5.69 Å². The Bertz CT molecular complexity index is 348. The summed E-state index contributed by atoms with van der Waals surface area (Å²) in [6.07, 6.45) is 0.464. The summed E-state index contributed by atoms with van der Waals surface area (Å²) in [6, 6.07) is 7.83. The SMILES string of the molecule is COC(C)(C)CCNc1ccccc1C(C)O. The molecule has 1 atom stereocenters. The van der Waals surface area contributed by atoms with E-state index in [4.69, 9.17) is 4.74 Å². The molecule has 1 aromatic rings. The lowest BCUT2D eigenvalue weighted by Crippen LogP contribution is -2.26. The minimum absolute atomic E-state index is 0.118. The summed E-state index contributed by atoms with van der Waals surface area (Å²) in [4.78, 5) is 0. The minimum atomic E-state index is -0.450. The van der Waals surface area contributed by atoms with E-state index in [1.165, 1.54) is 0 Å². The predicted molar refractivity (Wildman–Crippen MR) is 71.3 cm³/mol. The third kappa shape index (κ3) is 4.36. The molecule has 1 rings (SSSR count). The molecule has 0 aliphatic carbocycles. The van der Waals surface area contributed by atoms with Crippen LogP contribution in [0.2, 0.25) is 0 Å². The zero-order valence-corrected chi connectivity index (χ0v) is 11.2. The summed E-state index contributed by atoms with van der Waals surface area (Å²) in [5, 5.41) is 13.0. The van der Waals surface area contributed by atoms with Gasteiger partial charge in [-0.3, -0.25) is 0 Å². The largest absolute Gasteiger partial charge is 0.389 e. The van der Waals surface area contributed by atoms with Crippen molar-refractivity contribution in [1.29, 1.82) is 0 Å². The van der Waals surface area contributed by atoms with Gasteiger partial charge in [0.15, 0.2) is 0 Å². The molecule has 0 amide bonds. The van der Waals surface area contributed by atoms with Crippen molar-refractivity contribution in [3.05, 3.63) is 29.8 Å². The maximum atomic E-state index is 9.65. The summed E-state index contributed by atoms with van der Waals surface area (Å²) >= 11 is 0. The van der Waals surface area contributed by atoms with Crippen LogP contribution in [0.25, 0.3) is 0 Å². The average Bonchev–Trinajstić information content (AvgIpc) is 2.29. The Balaban J connectivity index is 2.58. The Kier molecular flexibility index (Phi) is 4.97. The molecule has 0 aliphatic rings. The highest BCUT2D eigenvalue weighted by Crippen LogP contribution is 2.22. The molecule has 0 saturated heterocycles. The number of para-hydroxylation sites is 1. The van der Waals surface area contributed by atoms with Crippen molar-refractivity contribution in [1.82, 2.24) is 0 Å². The summed E-state index contributed by atoms with van der Waals surface area (Å²) in [5.41, 5.74) is 1.81. The molecule has 3 heteroatoms. The molecule has 0 radical (unpaired) electrons. The van der Waals surface area contributed by atoms with E-state index in [9.17, 15) is 5.11 Å². The second-order valence-corrected chi connectivity index (χ2v) is 4.90. The third-order valence-corrected chi connectivity index (χ3v) is 3.01. The number of benzene rings is 1. The maximum Gasteiger partial charge on any atom is 0.0781 e. The van der Waals surface area contributed by atoms with Gasteiger partial charge in [-0.05, 0) is 33.3 Å². The number of anilines is 1. The molecule has 0 aliphatic heterocycles. The fraction of sp³-hybridized carbons (Fsp3) is 0.571. The molecule has 1 aromatic carbocycles. The van der Waals surface area contributed by atoms with Crippen LogP contribution in [0.1, 0.15) is 38.9 Å². The number of aliphatic hydroxyl groups is 1. The minimum Gasteiger partial charge on any atom is -0.389 e. The molecule has 0 bridgehead atoms. The maximum absolute atomic E-state index is 9.65. The Morgan fingerprint density at radius 1 is 1.35 bits per heavy atom. The topological polar surface area (TPSA) is 41.5 Å². The lowest BCUT2D eigenvalue weighted by Gasteiger charge is -2.23. The van der Waals surface area contributed by atoms with Gasteiger partial charge in [-0.1, -0.05) is 18.2 Å². The summed E-state index contributed by atoms with van der Waals surface area (Å²) in [6.45, 7) is 6.73. The fourth-order valence-corrected chi connectivity index (χ4v) is 1.62. The molecule has 0 saturated carbocycles. The zero-order valence-electron chi connectivity index (χ0n) is 11.2. The molecule has 0 heterocycles. The van der Waals surface area contributed by atoms with Crippen molar-refractivity contribution in [2.45, 2.75) is 38.9 Å². The van der Waals surface area contributed by atoms with Crippen molar-refractivity contribution in [2.24, 2.45) is 0 Å². The van der Waals surface area contributed by atoms with E-state index in [1.54, 1.807) is 14.0 Å². The highest BCUT2D eigenvalue weighted by Gasteiger charge is 2.15. The van der Waals surface area contributed by atoms with Gasteiger partial charge in [0.25, 0.3) is 0 Å². The highest BCUT2D eigenvalue weighted by atomic mass is 16.5. The standard InChI is InChI=1S/C14H23NO2/c1-11(16)12-7-5-6-8-13(12)15-10-9-14(2,3)17-4/h5-8,11,15-16H,9-10H2,1-4H3. The van der Waals surface area contributed by atoms with Crippen molar-refractivity contribution in [2.75, 3.05) is 19.0 Å². The van der Waals surface area contributed by atoms with E-state index >= 15 is 0 Å². The first-order chi connectivity index (χ1) is 7.96. The first kappa shape index (κ1) is 14.0. The number of hydrogen-bond acceptors (Lipinski definition) is 3. The smallest absolute Gasteiger partial charge is 0.0781 e. The van der Waals surface area contributed by atoms with E-state index < -0.39 is 6.10 Å². The summed E-state index contributed by atoms with van der Waals surface area (Å²) < 4.78 is 5.36. The van der Waals surface area contributed by atoms with Crippen molar-refractivity contribution < 1.29 is 9.84 Å². The second kappa shape index (κ2) is 6.03. The normalized spacial score (nSPS) is 13.5. The van der Waals surface area contributed by atoms with Crippen LogP contribution in [0.5, 0.6) is 0 Å². The molecule has 2 N–H and O–H groups in total. The van der Waals surface area contributed by atoms with Crippen LogP contribution < -0.4 is 5.32 Å². The van der Waals surface area contributed by atoms with Crippen LogP contribution in [0, 0.1) is 0 Å². The van der Waals surface area contributed by atoms with Crippen LogP contribution in [0.15, 0.2) is 24.3 Å². The monoisotopic (exact) mass is 237 g/mol. The van der Waals surface area contributed by atoms with Crippen molar-refractivity contribution in [3.63, 3.8) is 0 Å². The van der Waals surface area contributed by atoms with Gasteiger partial charge in [0.2, 0.25) is 0 Å². The molecular weight excluding hydrogens is 214 g/mol. The van der Waals surface area contributed by atoms with E-state index in [2.05, 4.69) is 19.2 Å². The van der Waals surface area contributed by atoms with E-state index in [0.717, 1.165) is 24.2 Å². The molecule has 3 nitrogen and oxygen atoms in total. The van der Waals surface area contributed by atoms with Crippen LogP contribution in [0.4, 0.5) is 5.69 Å². The van der Waals surface area contributed by atoms with Gasteiger partial charge in [-0.2, -0.15) is 0 Å². The van der Waals surface area contributed by atoms with Gasteiger partial charge in [0, 0.05) is 24.9 Å². The highest BCUT2D eigenvalue weighted by molar-refractivity contribution is 5.51. The number of hydrogen-bond donors (Lipinski definition) is 2. The number of methoxy groups -OCH3 is 1. The van der Waals surface area contributed by atoms with Crippen LogP contribution in [-0.4, -0.2) is 24.4 Å². The van der Waals surface area contributed by atoms with Gasteiger partial charge < -0.3 is 15.2 Å². The molecular formula is C14H23NO2. The van der Waals surface area contributed by atoms with Crippen LogP contribution >= 0.6 is 0 Å². The van der Waals surface area contributed by atoms with E-state index in [-0.39, 0.29) is 5.60 Å². The quantitative estimate of drug-likeness (QED) is 0.799. The van der Waals surface area contributed by atoms with Gasteiger partial charge in [-0.15, -0.1) is 0 Å². The average molecular weight is 237 g/mol. The Hall–Kier alpha value is -1.06. The summed E-state index contributed by atoms with van der Waals surface area (Å²) in [7, 11) is 1.73. The Morgan fingerprint density at radius 3 is 2.59 bits per heavy atom. The molecule has 1 unspecified atom stereocenters. The number of rotatable bonds is 6. The molecule has 0 spiro atoms. The van der Waals surface area contributed by atoms with Crippen LogP contribution in [-0.2, 0) is 4.74 Å². The Morgan fingerprint density at radius 2 is 2.00 bits per heavy atom. The first-order valence-corrected chi connectivity index (χ1v) is 6.02.